The third-order valence-electron chi connectivity index (χ3n) is 6.00. The molecule has 2 heterocycles. The first-order chi connectivity index (χ1) is 15.1. The van der Waals surface area contributed by atoms with Crippen LogP contribution in [0.15, 0.2) is 66.0 Å². The summed E-state index contributed by atoms with van der Waals surface area (Å²) in [5.41, 5.74) is 2.20. The second-order valence-electron chi connectivity index (χ2n) is 7.88. The molecule has 5 nitrogen and oxygen atoms in total. The minimum atomic E-state index is -0.656. The highest BCUT2D eigenvalue weighted by molar-refractivity contribution is 7.13. The molecule has 2 aromatic carbocycles. The summed E-state index contributed by atoms with van der Waals surface area (Å²) < 4.78 is 5.26. The van der Waals surface area contributed by atoms with E-state index in [-0.39, 0.29) is 11.8 Å². The fraction of sp³-hybridized carbons (Fsp3) is 0.280. The van der Waals surface area contributed by atoms with Crippen molar-refractivity contribution in [2.75, 3.05) is 27.2 Å². The number of nitrogens with zero attached hydrogens (tertiary/aromatic N) is 1. The Kier molecular flexibility index (Phi) is 6.09. The van der Waals surface area contributed by atoms with E-state index in [0.29, 0.717) is 37.2 Å². The molecule has 0 unspecified atom stereocenters. The molecule has 1 aliphatic heterocycles. The summed E-state index contributed by atoms with van der Waals surface area (Å²) in [6.45, 7) is 0.937. The van der Waals surface area contributed by atoms with Gasteiger partial charge in [-0.25, -0.2) is 0 Å². The van der Waals surface area contributed by atoms with E-state index < -0.39 is 5.41 Å². The predicted molar refractivity (Wildman–Crippen MR) is 123 cm³/mol. The molecule has 3 aromatic rings. The van der Waals surface area contributed by atoms with E-state index in [2.05, 4.69) is 28.9 Å². The molecule has 1 aromatic heterocycles. The summed E-state index contributed by atoms with van der Waals surface area (Å²) in [6.07, 6.45) is 1.21. The number of carbonyl (C=O) groups is 2. The van der Waals surface area contributed by atoms with Crippen LogP contribution in [0, 0.1) is 5.41 Å². The molecule has 31 heavy (non-hydrogen) atoms. The van der Waals surface area contributed by atoms with E-state index in [1.165, 1.54) is 4.88 Å². The normalized spacial score (nSPS) is 18.1. The summed E-state index contributed by atoms with van der Waals surface area (Å²) in [4.78, 5) is 29.2. The Morgan fingerprint density at radius 2 is 1.97 bits per heavy atom. The highest BCUT2D eigenvalue weighted by Crippen LogP contribution is 2.39. The Bertz CT molecular complexity index is 1080. The van der Waals surface area contributed by atoms with Crippen molar-refractivity contribution < 1.29 is 14.3 Å². The summed E-state index contributed by atoms with van der Waals surface area (Å²) in [6, 6.07) is 19.5. The number of hydrogen-bond donors (Lipinski definition) is 1. The lowest BCUT2D eigenvalue weighted by atomic mass is 9.78. The largest absolute Gasteiger partial charge is 0.497 e. The highest BCUT2D eigenvalue weighted by Gasteiger charge is 2.46. The van der Waals surface area contributed by atoms with Gasteiger partial charge in [-0.3, -0.25) is 9.59 Å². The number of thiophene rings is 1. The van der Waals surface area contributed by atoms with Crippen molar-refractivity contribution in [1.82, 2.24) is 10.2 Å². The lowest BCUT2D eigenvalue weighted by Gasteiger charge is -2.28. The summed E-state index contributed by atoms with van der Waals surface area (Å²) in [5, 5.41) is 4.91. The summed E-state index contributed by atoms with van der Waals surface area (Å²) in [5.74, 6) is 0.554. The Morgan fingerprint density at radius 3 is 2.71 bits per heavy atom. The molecule has 1 N–H and O–H groups in total. The van der Waals surface area contributed by atoms with Crippen LogP contribution in [-0.2, 0) is 11.2 Å². The third-order valence-corrected chi connectivity index (χ3v) is 6.90. The topological polar surface area (TPSA) is 58.6 Å². The van der Waals surface area contributed by atoms with Gasteiger partial charge < -0.3 is 15.0 Å². The molecule has 1 fully saturated rings. The van der Waals surface area contributed by atoms with Gasteiger partial charge in [0.25, 0.3) is 5.91 Å². The van der Waals surface area contributed by atoms with E-state index in [1.807, 2.05) is 30.3 Å². The van der Waals surface area contributed by atoms with Crippen LogP contribution < -0.4 is 10.1 Å². The standard InChI is InChI=1S/C25H26N2O3S/c1-26-24(29)25(16-19-7-3-4-10-21(19)22-11-6-14-31-22)12-13-27(17-25)23(28)18-8-5-9-20(15-18)30-2/h3-11,14-15H,12-13,16-17H2,1-2H3,(H,26,29)/t25-/m1/s1. The maximum Gasteiger partial charge on any atom is 0.254 e. The van der Waals surface area contributed by atoms with E-state index >= 15 is 0 Å². The van der Waals surface area contributed by atoms with Gasteiger partial charge in [0, 0.05) is 30.6 Å². The molecule has 6 heteroatoms. The molecular weight excluding hydrogens is 408 g/mol. The fourth-order valence-corrected chi connectivity index (χ4v) is 5.16. The minimum absolute atomic E-state index is 0.0191. The zero-order valence-electron chi connectivity index (χ0n) is 17.8. The molecule has 0 spiro atoms. The van der Waals surface area contributed by atoms with Crippen molar-refractivity contribution in [1.29, 1.82) is 0 Å². The van der Waals surface area contributed by atoms with Crippen LogP contribution in [0.25, 0.3) is 10.4 Å². The fourth-order valence-electron chi connectivity index (χ4n) is 4.37. The van der Waals surface area contributed by atoms with Crippen molar-refractivity contribution in [2.24, 2.45) is 5.41 Å². The second kappa shape index (κ2) is 8.94. The number of likely N-dealkylation sites (tertiary alicyclic amines) is 1. The van der Waals surface area contributed by atoms with Crippen molar-refractivity contribution >= 4 is 23.2 Å². The van der Waals surface area contributed by atoms with Gasteiger partial charge in [-0.15, -0.1) is 11.3 Å². The van der Waals surface area contributed by atoms with Crippen molar-refractivity contribution in [3.8, 4) is 16.2 Å². The van der Waals surface area contributed by atoms with Gasteiger partial charge >= 0.3 is 0 Å². The number of ether oxygens (including phenoxy) is 1. The van der Waals surface area contributed by atoms with Crippen molar-refractivity contribution in [3.63, 3.8) is 0 Å². The Hall–Kier alpha value is -3.12. The van der Waals surface area contributed by atoms with Gasteiger partial charge in [0.2, 0.25) is 5.91 Å². The van der Waals surface area contributed by atoms with Crippen LogP contribution in [0.2, 0.25) is 0 Å². The van der Waals surface area contributed by atoms with E-state index in [0.717, 1.165) is 11.1 Å². The van der Waals surface area contributed by atoms with Crippen LogP contribution >= 0.6 is 11.3 Å². The summed E-state index contributed by atoms with van der Waals surface area (Å²) in [7, 11) is 3.25. The highest BCUT2D eigenvalue weighted by atomic mass is 32.1. The van der Waals surface area contributed by atoms with Crippen LogP contribution in [0.4, 0.5) is 0 Å². The molecule has 0 aliphatic carbocycles. The van der Waals surface area contributed by atoms with Crippen molar-refractivity contribution in [3.05, 3.63) is 77.2 Å². The first kappa shape index (κ1) is 21.1. The molecule has 0 bridgehead atoms. The van der Waals surface area contributed by atoms with Crippen LogP contribution in [0.5, 0.6) is 5.75 Å². The number of carbonyl (C=O) groups excluding carboxylic acids is 2. The minimum Gasteiger partial charge on any atom is -0.497 e. The molecule has 0 radical (unpaired) electrons. The lowest BCUT2D eigenvalue weighted by Crippen LogP contribution is -2.44. The van der Waals surface area contributed by atoms with Gasteiger partial charge in [0.15, 0.2) is 0 Å². The number of rotatable bonds is 6. The van der Waals surface area contributed by atoms with Gasteiger partial charge in [0.05, 0.1) is 12.5 Å². The maximum atomic E-state index is 13.2. The Labute approximate surface area is 186 Å². The van der Waals surface area contributed by atoms with Crippen LogP contribution in [-0.4, -0.2) is 44.0 Å². The van der Waals surface area contributed by atoms with Gasteiger partial charge in [-0.1, -0.05) is 36.4 Å². The maximum absolute atomic E-state index is 13.2. The van der Waals surface area contributed by atoms with E-state index in [9.17, 15) is 9.59 Å². The van der Waals surface area contributed by atoms with Gasteiger partial charge in [0.1, 0.15) is 5.75 Å². The van der Waals surface area contributed by atoms with Gasteiger partial charge in [-0.2, -0.15) is 0 Å². The number of amides is 2. The average molecular weight is 435 g/mol. The average Bonchev–Trinajstić information content (AvgIpc) is 3.50. The first-order valence-corrected chi connectivity index (χ1v) is 11.2. The second-order valence-corrected chi connectivity index (χ2v) is 8.83. The molecule has 1 aliphatic rings. The Balaban J connectivity index is 1.62. The molecular formula is C25H26N2O3S. The zero-order chi connectivity index (χ0) is 21.8. The van der Waals surface area contributed by atoms with E-state index in [4.69, 9.17) is 4.74 Å². The molecule has 1 atom stereocenters. The molecule has 1 saturated heterocycles. The van der Waals surface area contributed by atoms with Crippen LogP contribution in [0.1, 0.15) is 22.3 Å². The third kappa shape index (κ3) is 4.21. The smallest absolute Gasteiger partial charge is 0.254 e. The zero-order valence-corrected chi connectivity index (χ0v) is 18.6. The van der Waals surface area contributed by atoms with E-state index in [1.54, 1.807) is 42.5 Å². The molecule has 160 valence electrons. The number of benzene rings is 2. The monoisotopic (exact) mass is 434 g/mol. The quantitative estimate of drug-likeness (QED) is 0.631. The molecule has 2 amide bonds. The predicted octanol–water partition coefficient (Wildman–Crippen LogP) is 4.24. The lowest BCUT2D eigenvalue weighted by molar-refractivity contribution is -0.129. The van der Waals surface area contributed by atoms with Crippen molar-refractivity contribution in [2.45, 2.75) is 12.8 Å². The number of hydrogen-bond acceptors (Lipinski definition) is 4. The summed E-state index contributed by atoms with van der Waals surface area (Å²) >= 11 is 1.69. The number of nitrogens with one attached hydrogen (secondary N) is 1. The first-order valence-electron chi connectivity index (χ1n) is 10.3. The molecule has 0 saturated carbocycles. The van der Waals surface area contributed by atoms with Gasteiger partial charge in [-0.05, 0) is 53.6 Å². The van der Waals surface area contributed by atoms with Crippen LogP contribution in [0.3, 0.4) is 0 Å². The number of methoxy groups -OCH3 is 1. The Morgan fingerprint density at radius 1 is 1.13 bits per heavy atom. The molecule has 4 rings (SSSR count). The SMILES string of the molecule is CNC(=O)[C@@]1(Cc2ccccc2-c2cccs2)CCN(C(=O)c2cccc(OC)c2)C1.